The van der Waals surface area contributed by atoms with E-state index in [0.29, 0.717) is 9.36 Å². The Hall–Kier alpha value is -2.40. The minimum Gasteiger partial charge on any atom is -0.243 e. The Morgan fingerprint density at radius 1 is 1.13 bits per heavy atom. The highest BCUT2D eigenvalue weighted by Gasteiger charge is 2.62. The van der Waals surface area contributed by atoms with Gasteiger partial charge in [0.15, 0.2) is 0 Å². The molecule has 0 amide bonds. The van der Waals surface area contributed by atoms with Crippen molar-refractivity contribution < 1.29 is 26.7 Å². The van der Waals surface area contributed by atoms with Gasteiger partial charge in [0.25, 0.3) is 0 Å². The van der Waals surface area contributed by atoms with Crippen molar-refractivity contribution in [2.45, 2.75) is 38.3 Å². The summed E-state index contributed by atoms with van der Waals surface area (Å²) in [4.78, 5) is 18.9. The summed E-state index contributed by atoms with van der Waals surface area (Å²) in [6, 6.07) is -1.08. The van der Waals surface area contributed by atoms with Crippen LogP contribution in [0.4, 0.5) is 26.7 Å². The zero-order valence-corrected chi connectivity index (χ0v) is 12.1. The Labute approximate surface area is 126 Å². The Bertz CT molecular complexity index is 712. The molecule has 0 aliphatic rings. The zero-order valence-electron chi connectivity index (χ0n) is 12.1. The van der Waals surface area contributed by atoms with Gasteiger partial charge in [-0.15, -0.1) is 5.10 Å². The van der Waals surface area contributed by atoms with Crippen LogP contribution < -0.4 is 0 Å². The van der Waals surface area contributed by atoms with Gasteiger partial charge in [-0.05, 0) is 0 Å². The summed E-state index contributed by atoms with van der Waals surface area (Å²) in [7, 11) is 0. The SMILES string of the molecule is CC(C)(C)c1nc(C(F)(F)C(F)(F)F)nn1C(=O)n1cncn1. The smallest absolute Gasteiger partial charge is 0.243 e. The second-order valence-corrected chi connectivity index (χ2v) is 5.62. The first-order valence-electron chi connectivity index (χ1n) is 6.17. The molecule has 2 rings (SSSR count). The lowest BCUT2D eigenvalue weighted by Gasteiger charge is -2.17. The molecule has 0 radical (unpaired) electrons. The van der Waals surface area contributed by atoms with Gasteiger partial charge in [-0.3, -0.25) is 0 Å². The zero-order chi connectivity index (χ0) is 17.6. The van der Waals surface area contributed by atoms with Crippen molar-refractivity contribution in [3.8, 4) is 0 Å². The Kier molecular flexibility index (Phi) is 3.73. The predicted octanol–water partition coefficient (Wildman–Crippen LogP) is 2.34. The summed E-state index contributed by atoms with van der Waals surface area (Å²) in [6.45, 7) is 4.45. The van der Waals surface area contributed by atoms with Gasteiger partial charge < -0.3 is 0 Å². The van der Waals surface area contributed by atoms with Crippen LogP contribution in [0.5, 0.6) is 0 Å². The summed E-state index contributed by atoms with van der Waals surface area (Å²) in [6.07, 6.45) is -3.93. The number of hydrogen-bond acceptors (Lipinski definition) is 5. The molecule has 0 saturated carbocycles. The molecule has 0 aromatic carbocycles. The minimum absolute atomic E-state index is 0.364. The molecule has 7 nitrogen and oxygen atoms in total. The first kappa shape index (κ1) is 17.0. The summed E-state index contributed by atoms with van der Waals surface area (Å²) < 4.78 is 65.3. The highest BCUT2D eigenvalue weighted by molar-refractivity contribution is 5.77. The van der Waals surface area contributed by atoms with E-state index in [4.69, 9.17) is 0 Å². The second-order valence-electron chi connectivity index (χ2n) is 5.62. The standard InChI is InChI=1S/C11H11F5N6O/c1-9(2,3)7-19-6(10(12,13)11(14,15)16)20-22(7)8(23)21-5-17-4-18-21/h4-5H,1-3H3. The maximum absolute atomic E-state index is 13.4. The molecule has 2 heterocycles. The fourth-order valence-electron chi connectivity index (χ4n) is 1.59. The van der Waals surface area contributed by atoms with Gasteiger partial charge in [0, 0.05) is 5.41 Å². The predicted molar refractivity (Wildman–Crippen MR) is 64.9 cm³/mol. The third-order valence-electron chi connectivity index (χ3n) is 2.71. The van der Waals surface area contributed by atoms with Crippen molar-refractivity contribution in [3.05, 3.63) is 24.3 Å². The van der Waals surface area contributed by atoms with Gasteiger partial charge in [0.2, 0.25) is 5.82 Å². The molecule has 2 aromatic heterocycles. The van der Waals surface area contributed by atoms with Gasteiger partial charge in [0.1, 0.15) is 18.5 Å². The van der Waals surface area contributed by atoms with Crippen LogP contribution in [-0.4, -0.2) is 41.7 Å². The molecule has 0 aliphatic heterocycles. The lowest BCUT2D eigenvalue weighted by molar-refractivity contribution is -0.292. The molecule has 2 aromatic rings. The monoisotopic (exact) mass is 338 g/mol. The Morgan fingerprint density at radius 3 is 2.17 bits per heavy atom. The van der Waals surface area contributed by atoms with Crippen molar-refractivity contribution in [1.82, 2.24) is 29.5 Å². The van der Waals surface area contributed by atoms with E-state index < -0.39 is 29.4 Å². The van der Waals surface area contributed by atoms with E-state index >= 15 is 0 Å². The number of alkyl halides is 5. The van der Waals surface area contributed by atoms with Crippen molar-refractivity contribution in [2.24, 2.45) is 0 Å². The van der Waals surface area contributed by atoms with Crippen LogP contribution in [0.1, 0.15) is 32.4 Å². The number of nitrogens with zero attached hydrogens (tertiary/aromatic N) is 6. The van der Waals surface area contributed by atoms with Crippen molar-refractivity contribution >= 4 is 6.03 Å². The number of rotatable bonds is 1. The summed E-state index contributed by atoms with van der Waals surface area (Å²) in [5.41, 5.74) is -1.02. The highest BCUT2D eigenvalue weighted by Crippen LogP contribution is 2.42. The number of aromatic nitrogens is 6. The Morgan fingerprint density at radius 2 is 1.74 bits per heavy atom. The molecule has 0 unspecified atom stereocenters. The summed E-state index contributed by atoms with van der Waals surface area (Å²) in [5, 5.41) is 6.56. The van der Waals surface area contributed by atoms with E-state index in [1.54, 1.807) is 0 Å². The maximum atomic E-state index is 13.4. The second kappa shape index (κ2) is 5.06. The van der Waals surface area contributed by atoms with Gasteiger partial charge >= 0.3 is 18.1 Å². The third-order valence-corrected chi connectivity index (χ3v) is 2.71. The number of hydrogen-bond donors (Lipinski definition) is 0. The van der Waals surface area contributed by atoms with Crippen LogP contribution in [-0.2, 0) is 11.3 Å². The van der Waals surface area contributed by atoms with Crippen molar-refractivity contribution in [2.75, 3.05) is 0 Å². The lowest BCUT2D eigenvalue weighted by Crippen LogP contribution is -2.35. The largest absolute Gasteiger partial charge is 0.461 e. The van der Waals surface area contributed by atoms with Gasteiger partial charge in [-0.25, -0.2) is 14.8 Å². The number of carbonyl (C=O) groups is 1. The summed E-state index contributed by atoms with van der Waals surface area (Å²) in [5.74, 6) is -7.46. The van der Waals surface area contributed by atoms with Crippen molar-refractivity contribution in [1.29, 1.82) is 0 Å². The molecule has 0 N–H and O–H groups in total. The molecule has 23 heavy (non-hydrogen) atoms. The van der Waals surface area contributed by atoms with Gasteiger partial charge in [-0.1, -0.05) is 20.8 Å². The molecule has 0 spiro atoms. The minimum atomic E-state index is -5.88. The molecule has 0 saturated heterocycles. The van der Waals surface area contributed by atoms with Crippen molar-refractivity contribution in [3.63, 3.8) is 0 Å². The van der Waals surface area contributed by atoms with E-state index in [1.807, 2.05) is 0 Å². The van der Waals surface area contributed by atoms with E-state index in [2.05, 4.69) is 20.2 Å². The number of halogens is 5. The maximum Gasteiger partial charge on any atom is 0.461 e. The van der Waals surface area contributed by atoms with Crippen LogP contribution in [0.3, 0.4) is 0 Å². The average molecular weight is 338 g/mol. The highest BCUT2D eigenvalue weighted by atomic mass is 19.4. The lowest BCUT2D eigenvalue weighted by atomic mass is 9.96. The average Bonchev–Trinajstić information content (AvgIpc) is 3.05. The Balaban J connectivity index is 2.61. The van der Waals surface area contributed by atoms with Crippen LogP contribution in [0.2, 0.25) is 0 Å². The summed E-state index contributed by atoms with van der Waals surface area (Å²) >= 11 is 0. The van der Waals surface area contributed by atoms with E-state index in [9.17, 15) is 26.7 Å². The molecular formula is C11H11F5N6O. The quantitative estimate of drug-likeness (QED) is 0.746. The van der Waals surface area contributed by atoms with Gasteiger partial charge in [-0.2, -0.15) is 36.4 Å². The third kappa shape index (κ3) is 2.92. The molecule has 0 fully saturated rings. The van der Waals surface area contributed by atoms with E-state index in [1.165, 1.54) is 20.8 Å². The normalized spacial score (nSPS) is 13.4. The van der Waals surface area contributed by atoms with Crippen LogP contribution in [0.15, 0.2) is 12.7 Å². The van der Waals surface area contributed by atoms with E-state index in [0.717, 1.165) is 12.7 Å². The molecule has 0 aliphatic carbocycles. The van der Waals surface area contributed by atoms with Crippen LogP contribution in [0, 0.1) is 0 Å². The first-order valence-corrected chi connectivity index (χ1v) is 6.17. The molecule has 126 valence electrons. The first-order chi connectivity index (χ1) is 10.4. The topological polar surface area (TPSA) is 78.5 Å². The number of carbonyl (C=O) groups excluding carboxylic acids is 1. The molecule has 0 bridgehead atoms. The van der Waals surface area contributed by atoms with Gasteiger partial charge in [0.05, 0.1) is 0 Å². The van der Waals surface area contributed by atoms with Crippen LogP contribution >= 0.6 is 0 Å². The fraction of sp³-hybridized carbons (Fsp3) is 0.545. The molecule has 12 heteroatoms. The van der Waals surface area contributed by atoms with Crippen LogP contribution in [0.25, 0.3) is 0 Å². The van der Waals surface area contributed by atoms with E-state index in [-0.39, 0.29) is 5.82 Å². The molecule has 0 atom stereocenters. The fourth-order valence-corrected chi connectivity index (χ4v) is 1.59. The molecular weight excluding hydrogens is 327 g/mol.